The predicted octanol–water partition coefficient (Wildman–Crippen LogP) is 4.61. The van der Waals surface area contributed by atoms with Crippen LogP contribution in [0.25, 0.3) is 0 Å². The quantitative estimate of drug-likeness (QED) is 0.691. The molecule has 26 heavy (non-hydrogen) atoms. The van der Waals surface area contributed by atoms with Crippen molar-refractivity contribution in [2.75, 3.05) is 10.6 Å². The van der Waals surface area contributed by atoms with Gasteiger partial charge < -0.3 is 10.6 Å². The lowest BCUT2D eigenvalue weighted by Crippen LogP contribution is -2.15. The second-order valence-corrected chi connectivity index (χ2v) is 6.34. The first-order valence-electron chi connectivity index (χ1n) is 8.21. The highest BCUT2D eigenvalue weighted by Gasteiger charge is 2.11. The molecular formula is C20H19ClN4O. The van der Waals surface area contributed by atoms with E-state index < -0.39 is 0 Å². The molecule has 6 heteroatoms. The molecule has 1 aromatic heterocycles. The number of anilines is 2. The van der Waals surface area contributed by atoms with E-state index in [1.54, 1.807) is 24.4 Å². The van der Waals surface area contributed by atoms with Crippen LogP contribution in [-0.2, 0) is 6.54 Å². The third kappa shape index (κ3) is 4.18. The number of benzene rings is 2. The number of hydrogen-bond donors (Lipinski definition) is 2. The third-order valence-corrected chi connectivity index (χ3v) is 4.53. The molecule has 2 aromatic carbocycles. The molecule has 0 bridgehead atoms. The van der Waals surface area contributed by atoms with E-state index in [1.807, 2.05) is 19.1 Å². The topological polar surface area (TPSA) is 66.9 Å². The molecule has 3 rings (SSSR count). The number of halogens is 1. The van der Waals surface area contributed by atoms with Gasteiger partial charge in [-0.15, -0.1) is 0 Å². The number of nitrogens with zero attached hydrogens (tertiary/aromatic N) is 2. The molecule has 132 valence electrons. The zero-order chi connectivity index (χ0) is 18.5. The van der Waals surface area contributed by atoms with Crippen LogP contribution in [0.5, 0.6) is 0 Å². The van der Waals surface area contributed by atoms with Crippen molar-refractivity contribution in [3.05, 3.63) is 82.3 Å². The van der Waals surface area contributed by atoms with Crippen molar-refractivity contribution in [1.29, 1.82) is 0 Å². The van der Waals surface area contributed by atoms with Gasteiger partial charge in [0.1, 0.15) is 11.5 Å². The van der Waals surface area contributed by atoms with Gasteiger partial charge in [-0.05, 0) is 42.7 Å². The molecule has 0 spiro atoms. The maximum absolute atomic E-state index is 12.3. The van der Waals surface area contributed by atoms with Crippen LogP contribution in [0, 0.1) is 13.8 Å². The average Bonchev–Trinajstić information content (AvgIpc) is 2.65. The van der Waals surface area contributed by atoms with E-state index >= 15 is 0 Å². The molecular weight excluding hydrogens is 348 g/mol. The third-order valence-electron chi connectivity index (χ3n) is 4.12. The summed E-state index contributed by atoms with van der Waals surface area (Å²) in [5.41, 5.74) is 4.11. The smallest absolute Gasteiger partial charge is 0.275 e. The predicted molar refractivity (Wildman–Crippen MR) is 105 cm³/mol. The maximum Gasteiger partial charge on any atom is 0.275 e. The Morgan fingerprint density at radius 1 is 1.04 bits per heavy atom. The van der Waals surface area contributed by atoms with Gasteiger partial charge in [-0.3, -0.25) is 4.79 Å². The summed E-state index contributed by atoms with van der Waals surface area (Å²) in [5.74, 6) is 0.289. The van der Waals surface area contributed by atoms with E-state index in [0.29, 0.717) is 23.1 Å². The molecule has 0 radical (unpaired) electrons. The van der Waals surface area contributed by atoms with Gasteiger partial charge in [-0.2, -0.15) is 0 Å². The van der Waals surface area contributed by atoms with Crippen LogP contribution in [0.15, 0.2) is 54.9 Å². The normalized spacial score (nSPS) is 10.4. The molecule has 2 N–H and O–H groups in total. The fourth-order valence-corrected chi connectivity index (χ4v) is 2.63. The first-order chi connectivity index (χ1) is 12.5. The van der Waals surface area contributed by atoms with Gasteiger partial charge in [0.05, 0.1) is 12.4 Å². The Labute approximate surface area is 157 Å². The standard InChI is InChI=1S/C20H19ClN4O/c1-13-6-3-4-7-15(13)10-23-19-12-22-18(11-24-19)20(26)25-17-9-5-8-16(21)14(17)2/h3-9,11-12H,10H2,1-2H3,(H,23,24)(H,25,26). The largest absolute Gasteiger partial charge is 0.365 e. The van der Waals surface area contributed by atoms with Gasteiger partial charge in [-0.25, -0.2) is 9.97 Å². The zero-order valence-corrected chi connectivity index (χ0v) is 15.3. The number of aromatic nitrogens is 2. The van der Waals surface area contributed by atoms with E-state index in [-0.39, 0.29) is 11.6 Å². The Morgan fingerprint density at radius 2 is 1.85 bits per heavy atom. The highest BCUT2D eigenvalue weighted by Crippen LogP contribution is 2.23. The number of rotatable bonds is 5. The first-order valence-corrected chi connectivity index (χ1v) is 8.59. The highest BCUT2D eigenvalue weighted by atomic mass is 35.5. The molecule has 0 aliphatic heterocycles. The Bertz CT molecular complexity index is 925. The van der Waals surface area contributed by atoms with Crippen LogP contribution in [0.3, 0.4) is 0 Å². The Hall–Kier alpha value is -2.92. The number of carbonyl (C=O) groups is 1. The van der Waals surface area contributed by atoms with Crippen molar-refractivity contribution in [3.63, 3.8) is 0 Å². The summed E-state index contributed by atoms with van der Waals surface area (Å²) in [6, 6.07) is 13.5. The molecule has 0 saturated carbocycles. The monoisotopic (exact) mass is 366 g/mol. The average molecular weight is 367 g/mol. The molecule has 1 heterocycles. The lowest BCUT2D eigenvalue weighted by atomic mass is 10.1. The van der Waals surface area contributed by atoms with E-state index in [1.165, 1.54) is 17.3 Å². The van der Waals surface area contributed by atoms with Crippen LogP contribution in [0.4, 0.5) is 11.5 Å². The molecule has 5 nitrogen and oxygen atoms in total. The molecule has 0 unspecified atom stereocenters. The van der Waals surface area contributed by atoms with Gasteiger partial charge in [0.25, 0.3) is 5.91 Å². The molecule has 0 aliphatic rings. The summed E-state index contributed by atoms with van der Waals surface area (Å²) < 4.78 is 0. The fourth-order valence-electron chi connectivity index (χ4n) is 2.46. The van der Waals surface area contributed by atoms with Crippen LogP contribution in [-0.4, -0.2) is 15.9 Å². The fraction of sp³-hybridized carbons (Fsp3) is 0.150. The second kappa shape index (κ2) is 7.97. The molecule has 0 saturated heterocycles. The van der Waals surface area contributed by atoms with Crippen LogP contribution in [0.1, 0.15) is 27.2 Å². The van der Waals surface area contributed by atoms with Crippen LogP contribution in [0.2, 0.25) is 5.02 Å². The minimum absolute atomic E-state index is 0.241. The van der Waals surface area contributed by atoms with Gasteiger partial charge in [0.15, 0.2) is 0 Å². The Balaban J connectivity index is 1.64. The lowest BCUT2D eigenvalue weighted by Gasteiger charge is -2.10. The summed E-state index contributed by atoms with van der Waals surface area (Å²) in [7, 11) is 0. The lowest BCUT2D eigenvalue weighted by molar-refractivity contribution is 0.102. The van der Waals surface area contributed by atoms with Crippen LogP contribution >= 0.6 is 11.6 Å². The highest BCUT2D eigenvalue weighted by molar-refractivity contribution is 6.31. The van der Waals surface area contributed by atoms with Crippen molar-refractivity contribution in [3.8, 4) is 0 Å². The SMILES string of the molecule is Cc1ccccc1CNc1cnc(C(=O)Nc2cccc(Cl)c2C)cn1. The number of aryl methyl sites for hydroxylation is 1. The molecule has 3 aromatic rings. The van der Waals surface area contributed by atoms with Gasteiger partial charge in [0, 0.05) is 17.3 Å². The number of hydrogen-bond acceptors (Lipinski definition) is 4. The summed E-state index contributed by atoms with van der Waals surface area (Å²) in [6.07, 6.45) is 3.01. The number of amides is 1. The van der Waals surface area contributed by atoms with E-state index in [4.69, 9.17) is 11.6 Å². The summed E-state index contributed by atoms with van der Waals surface area (Å²) in [5, 5.41) is 6.62. The van der Waals surface area contributed by atoms with Gasteiger partial charge in [-0.1, -0.05) is 41.9 Å². The van der Waals surface area contributed by atoms with Crippen molar-refractivity contribution in [2.24, 2.45) is 0 Å². The molecule has 0 atom stereocenters. The van der Waals surface area contributed by atoms with Crippen molar-refractivity contribution >= 4 is 29.0 Å². The first kappa shape index (κ1) is 17.9. The van der Waals surface area contributed by atoms with Gasteiger partial charge in [0.2, 0.25) is 0 Å². The maximum atomic E-state index is 12.3. The Kier molecular flexibility index (Phi) is 5.49. The van der Waals surface area contributed by atoms with Crippen molar-refractivity contribution < 1.29 is 4.79 Å². The summed E-state index contributed by atoms with van der Waals surface area (Å²) in [6.45, 7) is 4.56. The minimum Gasteiger partial charge on any atom is -0.365 e. The summed E-state index contributed by atoms with van der Waals surface area (Å²) in [4.78, 5) is 20.8. The Morgan fingerprint density at radius 3 is 2.58 bits per heavy atom. The summed E-state index contributed by atoms with van der Waals surface area (Å²) >= 11 is 6.07. The molecule has 1 amide bonds. The second-order valence-electron chi connectivity index (χ2n) is 5.93. The minimum atomic E-state index is -0.326. The van der Waals surface area contributed by atoms with E-state index in [9.17, 15) is 4.79 Å². The molecule has 0 aliphatic carbocycles. The van der Waals surface area contributed by atoms with Crippen LogP contribution < -0.4 is 10.6 Å². The van der Waals surface area contributed by atoms with E-state index in [2.05, 4.69) is 39.7 Å². The number of nitrogens with one attached hydrogen (secondary N) is 2. The molecule has 0 fully saturated rings. The van der Waals surface area contributed by atoms with Gasteiger partial charge >= 0.3 is 0 Å². The van der Waals surface area contributed by atoms with E-state index in [0.717, 1.165) is 5.56 Å². The number of carbonyl (C=O) groups excluding carboxylic acids is 1. The van der Waals surface area contributed by atoms with Crippen molar-refractivity contribution in [2.45, 2.75) is 20.4 Å². The zero-order valence-electron chi connectivity index (χ0n) is 14.6. The van der Waals surface area contributed by atoms with Crippen molar-refractivity contribution in [1.82, 2.24) is 9.97 Å².